The van der Waals surface area contributed by atoms with Gasteiger partial charge >= 0.3 is 0 Å². The zero-order valence-corrected chi connectivity index (χ0v) is 12.5. The highest BCUT2D eigenvalue weighted by Gasteiger charge is 2.37. The maximum Gasteiger partial charge on any atom is 0.224 e. The average Bonchev–Trinajstić information content (AvgIpc) is 2.62. The number of benzene rings is 1. The molecule has 2 nitrogen and oxygen atoms in total. The summed E-state index contributed by atoms with van der Waals surface area (Å²) in [5, 5.41) is 3.08. The van der Waals surface area contributed by atoms with Crippen molar-refractivity contribution < 1.29 is 4.79 Å². The Morgan fingerprint density at radius 1 is 1.37 bits per heavy atom. The number of rotatable bonds is 4. The summed E-state index contributed by atoms with van der Waals surface area (Å²) in [4.78, 5) is 11.7. The second-order valence-electron chi connectivity index (χ2n) is 6.24. The summed E-state index contributed by atoms with van der Waals surface area (Å²) in [6.45, 7) is 8.75. The van der Waals surface area contributed by atoms with Crippen LogP contribution in [0, 0.1) is 0 Å². The predicted molar refractivity (Wildman–Crippen MR) is 80.7 cm³/mol. The van der Waals surface area contributed by atoms with E-state index in [9.17, 15) is 4.79 Å². The van der Waals surface area contributed by atoms with Crippen molar-refractivity contribution >= 4 is 11.6 Å². The molecule has 0 heterocycles. The lowest BCUT2D eigenvalue weighted by Crippen LogP contribution is -2.13. The third-order valence-electron chi connectivity index (χ3n) is 4.23. The Balaban J connectivity index is 2.43. The van der Waals surface area contributed by atoms with Gasteiger partial charge in [0.1, 0.15) is 0 Å². The molecule has 0 saturated carbocycles. The lowest BCUT2D eigenvalue weighted by molar-refractivity contribution is -0.115. The molecular formula is C17H25NO. The first kappa shape index (κ1) is 14.1. The van der Waals surface area contributed by atoms with Crippen LogP contribution in [0.4, 0.5) is 5.69 Å². The molecule has 1 N–H and O–H groups in total. The molecule has 1 aliphatic carbocycles. The molecular weight excluding hydrogens is 234 g/mol. The van der Waals surface area contributed by atoms with E-state index in [1.54, 1.807) is 0 Å². The van der Waals surface area contributed by atoms with Crippen LogP contribution in [0.2, 0.25) is 0 Å². The van der Waals surface area contributed by atoms with Crippen molar-refractivity contribution in [3.05, 3.63) is 29.3 Å². The number of hydrogen-bond donors (Lipinski definition) is 1. The van der Waals surface area contributed by atoms with Gasteiger partial charge < -0.3 is 5.32 Å². The van der Waals surface area contributed by atoms with Gasteiger partial charge in [-0.3, -0.25) is 4.79 Å². The smallest absolute Gasteiger partial charge is 0.224 e. The molecule has 19 heavy (non-hydrogen) atoms. The first-order valence-electron chi connectivity index (χ1n) is 7.42. The summed E-state index contributed by atoms with van der Waals surface area (Å²) in [6, 6.07) is 6.35. The van der Waals surface area contributed by atoms with Crippen molar-refractivity contribution in [3.63, 3.8) is 0 Å². The van der Waals surface area contributed by atoms with Crippen LogP contribution in [-0.4, -0.2) is 5.91 Å². The minimum absolute atomic E-state index is 0.105. The van der Waals surface area contributed by atoms with E-state index in [4.69, 9.17) is 0 Å². The Hall–Kier alpha value is -1.31. The number of anilines is 1. The standard InChI is InChI=1S/C17H25NO/c1-5-8-12-11-17(3,4)13-9-7-10-14(16(12)13)18-15(19)6-2/h7,9-10,12H,5-6,8,11H2,1-4H3,(H,18,19). The maximum absolute atomic E-state index is 11.7. The quantitative estimate of drug-likeness (QED) is 0.841. The monoisotopic (exact) mass is 259 g/mol. The molecule has 0 aromatic heterocycles. The molecule has 0 spiro atoms. The van der Waals surface area contributed by atoms with E-state index >= 15 is 0 Å². The summed E-state index contributed by atoms with van der Waals surface area (Å²) < 4.78 is 0. The van der Waals surface area contributed by atoms with Crippen LogP contribution < -0.4 is 5.32 Å². The van der Waals surface area contributed by atoms with Crippen molar-refractivity contribution in [1.82, 2.24) is 0 Å². The van der Waals surface area contributed by atoms with Gasteiger partial charge in [-0.2, -0.15) is 0 Å². The Morgan fingerprint density at radius 2 is 2.11 bits per heavy atom. The van der Waals surface area contributed by atoms with Crippen LogP contribution in [-0.2, 0) is 10.2 Å². The fourth-order valence-corrected chi connectivity index (χ4v) is 3.37. The number of carbonyl (C=O) groups excluding carboxylic acids is 1. The van der Waals surface area contributed by atoms with Gasteiger partial charge in [0.25, 0.3) is 0 Å². The molecule has 1 amide bonds. The Labute approximate surface area is 116 Å². The molecule has 1 unspecified atom stereocenters. The molecule has 0 saturated heterocycles. The molecule has 104 valence electrons. The molecule has 0 fully saturated rings. The first-order chi connectivity index (χ1) is 8.99. The third kappa shape index (κ3) is 2.68. The lowest BCUT2D eigenvalue weighted by atomic mass is 9.85. The molecule has 0 radical (unpaired) electrons. The first-order valence-corrected chi connectivity index (χ1v) is 7.42. The molecule has 1 atom stereocenters. The fraction of sp³-hybridized carbons (Fsp3) is 0.588. The second kappa shape index (κ2) is 5.36. The molecule has 2 rings (SSSR count). The minimum Gasteiger partial charge on any atom is -0.326 e. The maximum atomic E-state index is 11.7. The molecule has 1 aromatic rings. The highest BCUT2D eigenvalue weighted by atomic mass is 16.1. The third-order valence-corrected chi connectivity index (χ3v) is 4.23. The Morgan fingerprint density at radius 3 is 2.74 bits per heavy atom. The van der Waals surface area contributed by atoms with Crippen molar-refractivity contribution in [2.24, 2.45) is 0 Å². The van der Waals surface area contributed by atoms with E-state index in [2.05, 4.69) is 44.3 Å². The number of hydrogen-bond acceptors (Lipinski definition) is 1. The molecule has 0 bridgehead atoms. The van der Waals surface area contributed by atoms with Crippen molar-refractivity contribution in [1.29, 1.82) is 0 Å². The highest BCUT2D eigenvalue weighted by molar-refractivity contribution is 5.91. The van der Waals surface area contributed by atoms with Gasteiger partial charge in [0.15, 0.2) is 0 Å². The van der Waals surface area contributed by atoms with E-state index in [1.165, 1.54) is 30.4 Å². The van der Waals surface area contributed by atoms with Gasteiger partial charge in [0.2, 0.25) is 5.91 Å². The van der Waals surface area contributed by atoms with Gasteiger partial charge in [-0.25, -0.2) is 0 Å². The van der Waals surface area contributed by atoms with Crippen LogP contribution in [0.25, 0.3) is 0 Å². The van der Waals surface area contributed by atoms with Crippen LogP contribution in [0.3, 0.4) is 0 Å². The van der Waals surface area contributed by atoms with Crippen molar-refractivity contribution in [2.75, 3.05) is 5.32 Å². The zero-order valence-electron chi connectivity index (χ0n) is 12.5. The summed E-state index contributed by atoms with van der Waals surface area (Å²) in [6.07, 6.45) is 4.12. The van der Waals surface area contributed by atoms with Crippen molar-refractivity contribution in [2.45, 2.75) is 64.7 Å². The summed E-state index contributed by atoms with van der Waals surface area (Å²) in [5.41, 5.74) is 4.06. The summed E-state index contributed by atoms with van der Waals surface area (Å²) >= 11 is 0. The van der Waals surface area contributed by atoms with Crippen LogP contribution >= 0.6 is 0 Å². The SMILES string of the molecule is CCCC1CC(C)(C)c2cccc(NC(=O)CC)c21. The van der Waals surface area contributed by atoms with E-state index in [1.807, 2.05) is 6.92 Å². The molecule has 1 aromatic carbocycles. The van der Waals surface area contributed by atoms with E-state index in [0.717, 1.165) is 5.69 Å². The molecule has 1 aliphatic rings. The van der Waals surface area contributed by atoms with Gasteiger partial charge in [-0.1, -0.05) is 46.2 Å². The van der Waals surface area contributed by atoms with Crippen molar-refractivity contribution in [3.8, 4) is 0 Å². The second-order valence-corrected chi connectivity index (χ2v) is 6.24. The summed E-state index contributed by atoms with van der Waals surface area (Å²) in [7, 11) is 0. The number of nitrogens with one attached hydrogen (secondary N) is 1. The zero-order chi connectivity index (χ0) is 14.0. The Bertz CT molecular complexity index is 476. The predicted octanol–water partition coefficient (Wildman–Crippen LogP) is 4.60. The van der Waals surface area contributed by atoms with E-state index in [0.29, 0.717) is 12.3 Å². The normalized spacial score (nSPS) is 20.1. The fourth-order valence-electron chi connectivity index (χ4n) is 3.37. The van der Waals surface area contributed by atoms with Crippen LogP contribution in [0.5, 0.6) is 0 Å². The molecule has 2 heteroatoms. The number of carbonyl (C=O) groups is 1. The van der Waals surface area contributed by atoms with Gasteiger partial charge in [-0.15, -0.1) is 0 Å². The average molecular weight is 259 g/mol. The minimum atomic E-state index is 0.105. The van der Waals surface area contributed by atoms with E-state index < -0.39 is 0 Å². The highest BCUT2D eigenvalue weighted by Crippen LogP contribution is 2.50. The van der Waals surface area contributed by atoms with Gasteiger partial charge in [0, 0.05) is 12.1 Å². The molecule has 0 aliphatic heterocycles. The largest absolute Gasteiger partial charge is 0.326 e. The van der Waals surface area contributed by atoms with Crippen LogP contribution in [0.1, 0.15) is 70.4 Å². The van der Waals surface area contributed by atoms with E-state index in [-0.39, 0.29) is 11.3 Å². The lowest BCUT2D eigenvalue weighted by Gasteiger charge is -2.19. The number of amides is 1. The van der Waals surface area contributed by atoms with Crippen LogP contribution in [0.15, 0.2) is 18.2 Å². The van der Waals surface area contributed by atoms with Gasteiger partial charge in [0.05, 0.1) is 0 Å². The van der Waals surface area contributed by atoms with Gasteiger partial charge in [-0.05, 0) is 41.4 Å². The topological polar surface area (TPSA) is 29.1 Å². The number of fused-ring (bicyclic) bond motifs is 1. The summed E-state index contributed by atoms with van der Waals surface area (Å²) in [5.74, 6) is 0.691. The Kier molecular flexibility index (Phi) is 3.98.